The van der Waals surface area contributed by atoms with Gasteiger partial charge in [-0.2, -0.15) is 0 Å². The Morgan fingerprint density at radius 2 is 1.62 bits per heavy atom. The third-order valence-electron chi connectivity index (χ3n) is 3.26. The van der Waals surface area contributed by atoms with Gasteiger partial charge in [0.05, 0.1) is 5.69 Å². The molecule has 3 aromatic rings. The first-order chi connectivity index (χ1) is 10.3. The SMILES string of the molecule is Brc1ccc(-c2cncc(NCc3ccccc3)c2)cc1. The summed E-state index contributed by atoms with van der Waals surface area (Å²) in [6, 6.07) is 20.7. The molecule has 3 heteroatoms. The molecule has 0 saturated heterocycles. The highest BCUT2D eigenvalue weighted by molar-refractivity contribution is 9.10. The van der Waals surface area contributed by atoms with Gasteiger partial charge < -0.3 is 5.32 Å². The summed E-state index contributed by atoms with van der Waals surface area (Å²) in [6.07, 6.45) is 3.74. The van der Waals surface area contributed by atoms with Gasteiger partial charge in [0.25, 0.3) is 0 Å². The van der Waals surface area contributed by atoms with Crippen molar-refractivity contribution in [3.63, 3.8) is 0 Å². The lowest BCUT2D eigenvalue weighted by atomic mass is 10.1. The maximum absolute atomic E-state index is 4.32. The lowest BCUT2D eigenvalue weighted by molar-refractivity contribution is 1.14. The highest BCUT2D eigenvalue weighted by Gasteiger charge is 2.00. The second-order valence-corrected chi connectivity index (χ2v) is 5.72. The van der Waals surface area contributed by atoms with Gasteiger partial charge in [0.2, 0.25) is 0 Å². The van der Waals surface area contributed by atoms with Crippen LogP contribution in [0.15, 0.2) is 77.5 Å². The minimum Gasteiger partial charge on any atom is -0.380 e. The monoisotopic (exact) mass is 338 g/mol. The van der Waals surface area contributed by atoms with Crippen molar-refractivity contribution in [1.29, 1.82) is 0 Å². The summed E-state index contributed by atoms with van der Waals surface area (Å²) in [5, 5.41) is 3.41. The van der Waals surface area contributed by atoms with E-state index in [9.17, 15) is 0 Å². The van der Waals surface area contributed by atoms with E-state index in [1.807, 2.05) is 42.7 Å². The third-order valence-corrected chi connectivity index (χ3v) is 3.78. The maximum Gasteiger partial charge on any atom is 0.0535 e. The molecule has 0 atom stereocenters. The van der Waals surface area contributed by atoms with Crippen LogP contribution < -0.4 is 5.32 Å². The van der Waals surface area contributed by atoms with Gasteiger partial charge in [-0.3, -0.25) is 4.98 Å². The molecule has 1 aromatic heterocycles. The molecular formula is C18H15BrN2. The molecule has 0 fully saturated rings. The summed E-state index contributed by atoms with van der Waals surface area (Å²) < 4.78 is 1.08. The van der Waals surface area contributed by atoms with Gasteiger partial charge in [0.15, 0.2) is 0 Å². The van der Waals surface area contributed by atoms with Crippen molar-refractivity contribution in [2.75, 3.05) is 5.32 Å². The third kappa shape index (κ3) is 3.70. The Labute approximate surface area is 133 Å². The quantitative estimate of drug-likeness (QED) is 0.713. The zero-order chi connectivity index (χ0) is 14.5. The number of anilines is 1. The summed E-state index contributed by atoms with van der Waals surface area (Å²) in [5.74, 6) is 0. The van der Waals surface area contributed by atoms with E-state index in [4.69, 9.17) is 0 Å². The Hall–Kier alpha value is -2.13. The van der Waals surface area contributed by atoms with Crippen LogP contribution in [0.1, 0.15) is 5.56 Å². The van der Waals surface area contributed by atoms with Crippen LogP contribution in [0.2, 0.25) is 0 Å². The number of halogens is 1. The smallest absolute Gasteiger partial charge is 0.0535 e. The summed E-state index contributed by atoms with van der Waals surface area (Å²) in [6.45, 7) is 0.798. The topological polar surface area (TPSA) is 24.9 Å². The number of benzene rings is 2. The Balaban J connectivity index is 1.75. The first-order valence-corrected chi connectivity index (χ1v) is 7.59. The zero-order valence-corrected chi connectivity index (χ0v) is 13.0. The van der Waals surface area contributed by atoms with Crippen LogP contribution in [-0.4, -0.2) is 4.98 Å². The number of aromatic nitrogens is 1. The number of rotatable bonds is 4. The van der Waals surface area contributed by atoms with Crippen LogP contribution in [-0.2, 0) is 6.54 Å². The molecule has 2 nitrogen and oxygen atoms in total. The first kappa shape index (κ1) is 13.8. The van der Waals surface area contributed by atoms with E-state index in [1.165, 1.54) is 5.56 Å². The molecule has 0 amide bonds. The van der Waals surface area contributed by atoms with Gasteiger partial charge in [0.1, 0.15) is 0 Å². The molecule has 21 heavy (non-hydrogen) atoms. The van der Waals surface area contributed by atoms with Crippen LogP contribution in [0.25, 0.3) is 11.1 Å². The number of nitrogens with zero attached hydrogens (tertiary/aromatic N) is 1. The van der Waals surface area contributed by atoms with E-state index >= 15 is 0 Å². The van der Waals surface area contributed by atoms with Crippen LogP contribution in [0.3, 0.4) is 0 Å². The Morgan fingerprint density at radius 1 is 0.857 bits per heavy atom. The summed E-state index contributed by atoms with van der Waals surface area (Å²) in [7, 11) is 0. The number of hydrogen-bond donors (Lipinski definition) is 1. The predicted molar refractivity (Wildman–Crippen MR) is 91.1 cm³/mol. The molecule has 0 aliphatic rings. The first-order valence-electron chi connectivity index (χ1n) is 6.80. The average molecular weight is 339 g/mol. The molecule has 3 rings (SSSR count). The number of pyridine rings is 1. The van der Waals surface area contributed by atoms with Crippen LogP contribution >= 0.6 is 15.9 Å². The van der Waals surface area contributed by atoms with E-state index in [2.05, 4.69) is 56.6 Å². The lowest BCUT2D eigenvalue weighted by Crippen LogP contribution is -1.99. The van der Waals surface area contributed by atoms with Gasteiger partial charge in [0, 0.05) is 29.0 Å². The highest BCUT2D eigenvalue weighted by atomic mass is 79.9. The molecule has 104 valence electrons. The minimum atomic E-state index is 0.798. The fourth-order valence-corrected chi connectivity index (χ4v) is 2.40. The molecule has 0 aliphatic carbocycles. The van der Waals surface area contributed by atoms with Gasteiger partial charge in [-0.15, -0.1) is 0 Å². The predicted octanol–water partition coefficient (Wildman–Crippen LogP) is 5.12. The molecule has 0 spiro atoms. The fraction of sp³-hybridized carbons (Fsp3) is 0.0556. The summed E-state index contributed by atoms with van der Waals surface area (Å²) in [5.41, 5.74) is 4.56. The van der Waals surface area contributed by atoms with E-state index in [1.54, 1.807) is 0 Å². The second-order valence-electron chi connectivity index (χ2n) is 4.81. The van der Waals surface area contributed by atoms with Crippen molar-refractivity contribution < 1.29 is 0 Å². The van der Waals surface area contributed by atoms with Gasteiger partial charge in [-0.1, -0.05) is 58.4 Å². The van der Waals surface area contributed by atoms with E-state index in [0.717, 1.165) is 27.8 Å². The summed E-state index contributed by atoms with van der Waals surface area (Å²) >= 11 is 3.46. The highest BCUT2D eigenvalue weighted by Crippen LogP contribution is 2.23. The Morgan fingerprint density at radius 3 is 2.38 bits per heavy atom. The van der Waals surface area contributed by atoms with Crippen molar-refractivity contribution in [3.8, 4) is 11.1 Å². The largest absolute Gasteiger partial charge is 0.380 e. The number of nitrogens with one attached hydrogen (secondary N) is 1. The molecule has 0 aliphatic heterocycles. The minimum absolute atomic E-state index is 0.798. The van der Waals surface area contributed by atoms with Crippen molar-refractivity contribution in [2.24, 2.45) is 0 Å². The fourth-order valence-electron chi connectivity index (χ4n) is 2.14. The van der Waals surface area contributed by atoms with E-state index in [0.29, 0.717) is 0 Å². The van der Waals surface area contributed by atoms with Gasteiger partial charge in [-0.05, 0) is 29.3 Å². The second kappa shape index (κ2) is 6.55. The molecule has 0 unspecified atom stereocenters. The van der Waals surface area contributed by atoms with Crippen LogP contribution in [0.4, 0.5) is 5.69 Å². The lowest BCUT2D eigenvalue weighted by Gasteiger charge is -2.08. The van der Waals surface area contributed by atoms with Crippen LogP contribution in [0, 0.1) is 0 Å². The van der Waals surface area contributed by atoms with Gasteiger partial charge >= 0.3 is 0 Å². The van der Waals surface area contributed by atoms with Crippen molar-refractivity contribution in [2.45, 2.75) is 6.54 Å². The van der Waals surface area contributed by atoms with Gasteiger partial charge in [-0.25, -0.2) is 0 Å². The molecule has 1 heterocycles. The van der Waals surface area contributed by atoms with Crippen LogP contribution in [0.5, 0.6) is 0 Å². The van der Waals surface area contributed by atoms with Crippen molar-refractivity contribution >= 4 is 21.6 Å². The van der Waals surface area contributed by atoms with Crippen molar-refractivity contribution in [1.82, 2.24) is 4.98 Å². The summed E-state index contributed by atoms with van der Waals surface area (Å²) in [4.78, 5) is 4.32. The normalized spacial score (nSPS) is 10.3. The molecule has 0 saturated carbocycles. The molecule has 1 N–H and O–H groups in total. The molecule has 0 radical (unpaired) electrons. The zero-order valence-electron chi connectivity index (χ0n) is 11.5. The van der Waals surface area contributed by atoms with E-state index in [-0.39, 0.29) is 0 Å². The van der Waals surface area contributed by atoms with E-state index < -0.39 is 0 Å². The molecule has 2 aromatic carbocycles. The average Bonchev–Trinajstić information content (AvgIpc) is 2.55. The standard InChI is InChI=1S/C18H15BrN2/c19-17-8-6-15(7-9-17)16-10-18(13-20-12-16)21-11-14-4-2-1-3-5-14/h1-10,12-13,21H,11H2. The molecule has 0 bridgehead atoms. The number of hydrogen-bond acceptors (Lipinski definition) is 2. The molecular weight excluding hydrogens is 324 g/mol. The Bertz CT molecular complexity index is 709. The van der Waals surface area contributed by atoms with Crippen molar-refractivity contribution in [3.05, 3.63) is 83.1 Å². The maximum atomic E-state index is 4.32. The Kier molecular flexibility index (Phi) is 4.31.